The number of carbonyl (C=O) groups is 1. The molecular weight excluding hydrogens is 292 g/mol. The summed E-state index contributed by atoms with van der Waals surface area (Å²) in [5.74, 6) is -0.115. The molecule has 0 aliphatic heterocycles. The van der Waals surface area contributed by atoms with Crippen LogP contribution in [0.2, 0.25) is 0 Å². The maximum absolute atomic E-state index is 11.5. The highest BCUT2D eigenvalue weighted by Gasteiger charge is 2.19. The van der Waals surface area contributed by atoms with Crippen molar-refractivity contribution in [3.8, 4) is 28.5 Å². The Balaban J connectivity index is 2.73. The summed E-state index contributed by atoms with van der Waals surface area (Å²) in [6, 6.07) is 4.37. The Kier molecular flexibility index (Phi) is 4.31. The fourth-order valence-corrected chi connectivity index (χ4v) is 1.95. The number of ether oxygens (including phenoxy) is 3. The molecule has 0 fully saturated rings. The summed E-state index contributed by atoms with van der Waals surface area (Å²) in [7, 11) is 4.39. The second kappa shape index (κ2) is 6.17. The van der Waals surface area contributed by atoms with Crippen LogP contribution in [0.25, 0.3) is 11.3 Å². The van der Waals surface area contributed by atoms with Crippen LogP contribution >= 0.6 is 0 Å². The summed E-state index contributed by atoms with van der Waals surface area (Å²) in [5.41, 5.74) is -0.606. The van der Waals surface area contributed by atoms with E-state index in [2.05, 4.69) is 10.2 Å². The molecule has 0 radical (unpaired) electrons. The van der Waals surface area contributed by atoms with E-state index in [1.807, 2.05) is 0 Å². The number of hydrogen-bond acceptors (Lipinski definition) is 6. The summed E-state index contributed by atoms with van der Waals surface area (Å²) in [6.45, 7) is 0. The van der Waals surface area contributed by atoms with Gasteiger partial charge in [-0.15, -0.1) is 0 Å². The van der Waals surface area contributed by atoms with Gasteiger partial charge in [-0.05, 0) is 6.07 Å². The van der Waals surface area contributed by atoms with E-state index in [0.29, 0.717) is 22.8 Å². The molecule has 116 valence electrons. The van der Waals surface area contributed by atoms with Crippen LogP contribution in [0.4, 0.5) is 0 Å². The fraction of sp³-hybridized carbons (Fsp3) is 0.214. The number of benzene rings is 1. The molecule has 8 nitrogen and oxygen atoms in total. The second-order valence-electron chi connectivity index (χ2n) is 4.21. The van der Waals surface area contributed by atoms with Gasteiger partial charge in [0, 0.05) is 12.1 Å². The minimum Gasteiger partial charge on any atom is -0.496 e. The molecule has 0 aliphatic rings. The van der Waals surface area contributed by atoms with Gasteiger partial charge in [-0.3, -0.25) is 4.79 Å². The van der Waals surface area contributed by atoms with Crippen molar-refractivity contribution in [2.75, 3.05) is 21.3 Å². The zero-order chi connectivity index (χ0) is 16.3. The monoisotopic (exact) mass is 306 g/mol. The minimum atomic E-state index is -1.35. The number of nitrogens with zero attached hydrogens (tertiary/aromatic N) is 1. The van der Waals surface area contributed by atoms with Gasteiger partial charge in [-0.2, -0.15) is 5.10 Å². The highest BCUT2D eigenvalue weighted by atomic mass is 16.5. The number of H-pyrrole nitrogens is 1. The SMILES string of the molecule is COc1cc(OC)c(-c2cc(C(=O)O)c(=O)[nH]n2)c(OC)c1. The maximum Gasteiger partial charge on any atom is 0.341 e. The number of carboxylic acids is 1. The van der Waals surface area contributed by atoms with Crippen molar-refractivity contribution in [3.05, 3.63) is 34.1 Å². The van der Waals surface area contributed by atoms with Gasteiger partial charge < -0.3 is 19.3 Å². The van der Waals surface area contributed by atoms with E-state index >= 15 is 0 Å². The van der Waals surface area contributed by atoms with Crippen molar-refractivity contribution in [1.29, 1.82) is 0 Å². The Hall–Kier alpha value is -3.03. The standard InChI is InChI=1S/C14H14N2O6/c1-20-7-4-10(21-2)12(11(5-7)22-3)9-6-8(14(18)19)13(17)16-15-9/h4-6H,1-3H3,(H,16,17)(H,18,19). The molecule has 0 atom stereocenters. The smallest absolute Gasteiger partial charge is 0.341 e. The molecule has 0 amide bonds. The lowest BCUT2D eigenvalue weighted by molar-refractivity contribution is 0.0694. The molecule has 1 aromatic carbocycles. The van der Waals surface area contributed by atoms with Gasteiger partial charge in [0.05, 0.1) is 32.6 Å². The van der Waals surface area contributed by atoms with Crippen molar-refractivity contribution < 1.29 is 24.1 Å². The van der Waals surface area contributed by atoms with Crippen LogP contribution in [0.5, 0.6) is 17.2 Å². The molecule has 0 saturated carbocycles. The van der Waals surface area contributed by atoms with Gasteiger partial charge in [-0.1, -0.05) is 0 Å². The quantitative estimate of drug-likeness (QED) is 0.852. The van der Waals surface area contributed by atoms with E-state index in [-0.39, 0.29) is 5.69 Å². The van der Waals surface area contributed by atoms with Crippen LogP contribution in [0.15, 0.2) is 23.0 Å². The zero-order valence-electron chi connectivity index (χ0n) is 12.2. The molecule has 2 N–H and O–H groups in total. The first-order valence-electron chi connectivity index (χ1n) is 6.15. The van der Waals surface area contributed by atoms with Gasteiger partial charge in [0.25, 0.3) is 5.56 Å². The predicted molar refractivity (Wildman–Crippen MR) is 76.9 cm³/mol. The second-order valence-corrected chi connectivity index (χ2v) is 4.21. The van der Waals surface area contributed by atoms with Crippen LogP contribution in [-0.2, 0) is 0 Å². The number of carboxylic acid groups (broad SMARTS) is 1. The van der Waals surface area contributed by atoms with Crippen LogP contribution in [-0.4, -0.2) is 42.6 Å². The van der Waals surface area contributed by atoms with Gasteiger partial charge in [0.1, 0.15) is 22.8 Å². The van der Waals surface area contributed by atoms with E-state index in [1.165, 1.54) is 21.3 Å². The molecule has 2 rings (SSSR count). The van der Waals surface area contributed by atoms with Gasteiger partial charge in [0.15, 0.2) is 0 Å². The Morgan fingerprint density at radius 2 is 1.68 bits per heavy atom. The predicted octanol–water partition coefficient (Wildman–Crippen LogP) is 1.16. The number of methoxy groups -OCH3 is 3. The summed E-state index contributed by atoms with van der Waals surface area (Å²) in [6.07, 6.45) is 0. The lowest BCUT2D eigenvalue weighted by Gasteiger charge is -2.14. The summed E-state index contributed by atoms with van der Waals surface area (Å²) >= 11 is 0. The number of nitrogens with one attached hydrogen (secondary N) is 1. The van der Waals surface area contributed by atoms with Gasteiger partial charge in [-0.25, -0.2) is 9.89 Å². The number of hydrogen-bond donors (Lipinski definition) is 2. The van der Waals surface area contributed by atoms with Crippen LogP contribution < -0.4 is 19.8 Å². The third-order valence-electron chi connectivity index (χ3n) is 3.01. The van der Waals surface area contributed by atoms with Crippen LogP contribution in [0.3, 0.4) is 0 Å². The van der Waals surface area contributed by atoms with Crippen LogP contribution in [0, 0.1) is 0 Å². The summed E-state index contributed by atoms with van der Waals surface area (Å²) in [5, 5.41) is 15.1. The lowest BCUT2D eigenvalue weighted by Crippen LogP contribution is -2.19. The maximum atomic E-state index is 11.5. The van der Waals surface area contributed by atoms with E-state index in [0.717, 1.165) is 6.07 Å². The first-order chi connectivity index (χ1) is 10.5. The Morgan fingerprint density at radius 3 is 2.14 bits per heavy atom. The average Bonchev–Trinajstić information content (AvgIpc) is 2.53. The molecule has 8 heteroatoms. The topological polar surface area (TPSA) is 111 Å². The largest absolute Gasteiger partial charge is 0.496 e. The van der Waals surface area contributed by atoms with Crippen molar-refractivity contribution in [3.63, 3.8) is 0 Å². The zero-order valence-corrected chi connectivity index (χ0v) is 12.2. The average molecular weight is 306 g/mol. The first kappa shape index (κ1) is 15.4. The molecule has 0 spiro atoms. The molecular formula is C14H14N2O6. The van der Waals surface area contributed by atoms with Crippen molar-refractivity contribution >= 4 is 5.97 Å². The Morgan fingerprint density at radius 1 is 1.09 bits per heavy atom. The van der Waals surface area contributed by atoms with E-state index in [9.17, 15) is 9.59 Å². The third kappa shape index (κ3) is 2.71. The first-order valence-corrected chi connectivity index (χ1v) is 6.15. The molecule has 2 aromatic rings. The van der Waals surface area contributed by atoms with E-state index in [4.69, 9.17) is 19.3 Å². The molecule has 0 bridgehead atoms. The fourth-order valence-electron chi connectivity index (χ4n) is 1.95. The summed E-state index contributed by atoms with van der Waals surface area (Å²) < 4.78 is 15.7. The molecule has 1 heterocycles. The minimum absolute atomic E-state index is 0.202. The summed E-state index contributed by atoms with van der Waals surface area (Å²) in [4.78, 5) is 22.6. The van der Waals surface area contributed by atoms with Crippen molar-refractivity contribution in [2.24, 2.45) is 0 Å². The Labute approximate surface area is 125 Å². The Bertz CT molecular complexity index is 743. The number of aromatic nitrogens is 2. The molecule has 0 aliphatic carbocycles. The van der Waals surface area contributed by atoms with Gasteiger partial charge in [0.2, 0.25) is 0 Å². The third-order valence-corrected chi connectivity index (χ3v) is 3.01. The number of rotatable bonds is 5. The highest BCUT2D eigenvalue weighted by Crippen LogP contribution is 2.40. The van der Waals surface area contributed by atoms with Crippen molar-refractivity contribution in [1.82, 2.24) is 10.2 Å². The van der Waals surface area contributed by atoms with Crippen molar-refractivity contribution in [2.45, 2.75) is 0 Å². The number of aromatic carboxylic acids is 1. The van der Waals surface area contributed by atoms with Gasteiger partial charge >= 0.3 is 5.97 Å². The lowest BCUT2D eigenvalue weighted by atomic mass is 10.1. The normalized spacial score (nSPS) is 10.1. The molecule has 1 aromatic heterocycles. The molecule has 22 heavy (non-hydrogen) atoms. The molecule has 0 saturated heterocycles. The molecule has 0 unspecified atom stereocenters. The van der Waals surface area contributed by atoms with Crippen LogP contribution in [0.1, 0.15) is 10.4 Å². The highest BCUT2D eigenvalue weighted by molar-refractivity contribution is 5.89. The number of aromatic amines is 1. The van der Waals surface area contributed by atoms with E-state index in [1.54, 1.807) is 12.1 Å². The van der Waals surface area contributed by atoms with E-state index < -0.39 is 17.1 Å².